The number of aromatic nitrogens is 2. The summed E-state index contributed by atoms with van der Waals surface area (Å²) in [6.07, 6.45) is 3.43. The largest absolute Gasteiger partial charge is 0.353 e. The van der Waals surface area contributed by atoms with E-state index < -0.39 is 0 Å². The number of piperazine rings is 1. The van der Waals surface area contributed by atoms with Crippen molar-refractivity contribution in [2.45, 2.75) is 26.4 Å². The van der Waals surface area contributed by atoms with Crippen LogP contribution in [0.3, 0.4) is 0 Å². The van der Waals surface area contributed by atoms with Crippen LogP contribution in [0, 0.1) is 0 Å². The maximum absolute atomic E-state index is 12.0. The van der Waals surface area contributed by atoms with Gasteiger partial charge in [-0.05, 0) is 12.2 Å². The summed E-state index contributed by atoms with van der Waals surface area (Å²) in [7, 11) is 0. The van der Waals surface area contributed by atoms with Crippen LogP contribution in [0.15, 0.2) is 25.3 Å². The standard InChI is InChI=1S/C18H23N5O2/c1-4-15-19-14-12-23(17(25)6-3)11-13(14)18(20-15)22-9-7-21(8-10-22)16(24)5-2/h5-6H,2-4,7-12H2,1H3. The van der Waals surface area contributed by atoms with E-state index in [4.69, 9.17) is 4.98 Å². The molecule has 2 amide bonds. The van der Waals surface area contributed by atoms with Gasteiger partial charge in [0.25, 0.3) is 0 Å². The van der Waals surface area contributed by atoms with E-state index in [0.717, 1.165) is 29.3 Å². The first-order valence-electron chi connectivity index (χ1n) is 8.53. The highest BCUT2D eigenvalue weighted by atomic mass is 16.2. The van der Waals surface area contributed by atoms with E-state index in [1.165, 1.54) is 12.2 Å². The fourth-order valence-electron chi connectivity index (χ4n) is 3.26. The number of carbonyl (C=O) groups excluding carboxylic acids is 2. The van der Waals surface area contributed by atoms with Crippen molar-refractivity contribution in [2.75, 3.05) is 31.1 Å². The van der Waals surface area contributed by atoms with E-state index >= 15 is 0 Å². The Morgan fingerprint density at radius 3 is 2.24 bits per heavy atom. The lowest BCUT2D eigenvalue weighted by molar-refractivity contribution is -0.127. The van der Waals surface area contributed by atoms with E-state index in [0.29, 0.717) is 39.3 Å². The van der Waals surface area contributed by atoms with Gasteiger partial charge >= 0.3 is 0 Å². The lowest BCUT2D eigenvalue weighted by Gasteiger charge is -2.35. The van der Waals surface area contributed by atoms with Crippen molar-refractivity contribution in [2.24, 2.45) is 0 Å². The van der Waals surface area contributed by atoms with Crippen molar-refractivity contribution in [3.63, 3.8) is 0 Å². The SMILES string of the molecule is C=CC(=O)N1CCN(c2nc(CC)nc3c2CN(C(=O)C=C)C3)CC1. The van der Waals surface area contributed by atoms with Gasteiger partial charge in [0.2, 0.25) is 11.8 Å². The van der Waals surface area contributed by atoms with Gasteiger partial charge in [-0.2, -0.15) is 0 Å². The Balaban J connectivity index is 1.84. The third-order valence-electron chi connectivity index (χ3n) is 4.67. The van der Waals surface area contributed by atoms with E-state index in [1.807, 2.05) is 6.92 Å². The predicted molar refractivity (Wildman–Crippen MR) is 94.9 cm³/mol. The van der Waals surface area contributed by atoms with Gasteiger partial charge < -0.3 is 14.7 Å². The Morgan fingerprint density at radius 2 is 1.64 bits per heavy atom. The van der Waals surface area contributed by atoms with Gasteiger partial charge in [-0.3, -0.25) is 9.59 Å². The van der Waals surface area contributed by atoms with Crippen molar-refractivity contribution in [1.29, 1.82) is 0 Å². The molecule has 0 N–H and O–H groups in total. The van der Waals surface area contributed by atoms with Crippen LogP contribution in [0.4, 0.5) is 5.82 Å². The van der Waals surface area contributed by atoms with Gasteiger partial charge in [-0.25, -0.2) is 9.97 Å². The first kappa shape index (κ1) is 17.1. The molecule has 0 unspecified atom stereocenters. The third-order valence-corrected chi connectivity index (χ3v) is 4.67. The number of carbonyl (C=O) groups is 2. The third kappa shape index (κ3) is 3.26. The molecule has 25 heavy (non-hydrogen) atoms. The molecule has 0 aromatic carbocycles. The summed E-state index contributed by atoms with van der Waals surface area (Å²) in [6.45, 7) is 12.8. The van der Waals surface area contributed by atoms with Gasteiger partial charge in [0, 0.05) is 38.2 Å². The minimum Gasteiger partial charge on any atom is -0.353 e. The maximum Gasteiger partial charge on any atom is 0.246 e. The van der Waals surface area contributed by atoms with Crippen molar-refractivity contribution < 1.29 is 9.59 Å². The molecule has 3 heterocycles. The quantitative estimate of drug-likeness (QED) is 0.761. The maximum atomic E-state index is 12.0. The molecule has 0 atom stereocenters. The number of amides is 2. The summed E-state index contributed by atoms with van der Waals surface area (Å²) in [5.41, 5.74) is 1.93. The number of aryl methyl sites for hydroxylation is 1. The van der Waals surface area contributed by atoms with E-state index in [1.54, 1.807) is 9.80 Å². The zero-order chi connectivity index (χ0) is 18.0. The van der Waals surface area contributed by atoms with Crippen LogP contribution in [-0.4, -0.2) is 57.8 Å². The summed E-state index contributed by atoms with van der Waals surface area (Å²) >= 11 is 0. The molecule has 3 rings (SSSR count). The van der Waals surface area contributed by atoms with Crippen molar-refractivity contribution in [1.82, 2.24) is 19.8 Å². The molecule has 2 aliphatic rings. The molecule has 7 nitrogen and oxygen atoms in total. The molecule has 0 aliphatic carbocycles. The van der Waals surface area contributed by atoms with Crippen LogP contribution in [0.25, 0.3) is 0 Å². The molecule has 1 saturated heterocycles. The molecular weight excluding hydrogens is 318 g/mol. The predicted octanol–water partition coefficient (Wildman–Crippen LogP) is 0.902. The molecule has 0 radical (unpaired) electrons. The fourth-order valence-corrected chi connectivity index (χ4v) is 3.26. The monoisotopic (exact) mass is 341 g/mol. The van der Waals surface area contributed by atoms with Crippen LogP contribution in [-0.2, 0) is 29.1 Å². The minimum atomic E-state index is -0.0941. The summed E-state index contributed by atoms with van der Waals surface area (Å²) in [6, 6.07) is 0. The average Bonchev–Trinajstić information content (AvgIpc) is 3.10. The topological polar surface area (TPSA) is 69.6 Å². The van der Waals surface area contributed by atoms with Crippen molar-refractivity contribution in [3.05, 3.63) is 42.4 Å². The lowest BCUT2D eigenvalue weighted by Crippen LogP contribution is -2.49. The average molecular weight is 341 g/mol. The molecule has 0 spiro atoms. The Labute approximate surface area is 147 Å². The molecular formula is C18H23N5O2. The van der Waals surface area contributed by atoms with Gasteiger partial charge in [0.15, 0.2) is 0 Å². The molecule has 132 valence electrons. The van der Waals surface area contributed by atoms with Crippen LogP contribution in [0.5, 0.6) is 0 Å². The zero-order valence-electron chi connectivity index (χ0n) is 14.6. The van der Waals surface area contributed by atoms with Gasteiger partial charge in [0.1, 0.15) is 11.6 Å². The summed E-state index contributed by atoms with van der Waals surface area (Å²) in [5, 5.41) is 0. The van der Waals surface area contributed by atoms with Gasteiger partial charge in [-0.15, -0.1) is 0 Å². The molecule has 1 fully saturated rings. The number of fused-ring (bicyclic) bond motifs is 1. The van der Waals surface area contributed by atoms with E-state index in [-0.39, 0.29) is 11.8 Å². The van der Waals surface area contributed by atoms with Crippen LogP contribution < -0.4 is 4.90 Å². The molecule has 1 aromatic heterocycles. The normalized spacial score (nSPS) is 16.6. The fraction of sp³-hybridized carbons (Fsp3) is 0.444. The lowest BCUT2D eigenvalue weighted by atomic mass is 10.2. The first-order valence-corrected chi connectivity index (χ1v) is 8.53. The summed E-state index contributed by atoms with van der Waals surface area (Å²) in [5.74, 6) is 1.55. The molecule has 0 bridgehead atoms. The molecule has 1 aromatic rings. The summed E-state index contributed by atoms with van der Waals surface area (Å²) < 4.78 is 0. The van der Waals surface area contributed by atoms with Gasteiger partial charge in [0.05, 0.1) is 18.8 Å². The highest BCUT2D eigenvalue weighted by Gasteiger charge is 2.30. The number of nitrogens with zero attached hydrogens (tertiary/aromatic N) is 5. The highest BCUT2D eigenvalue weighted by molar-refractivity contribution is 5.88. The van der Waals surface area contributed by atoms with Crippen molar-refractivity contribution in [3.8, 4) is 0 Å². The Kier molecular flexibility index (Phi) is 4.83. The Morgan fingerprint density at radius 1 is 1.00 bits per heavy atom. The van der Waals surface area contributed by atoms with E-state index in [2.05, 4.69) is 23.0 Å². The molecule has 0 saturated carbocycles. The minimum absolute atomic E-state index is 0.0374. The number of hydrogen-bond acceptors (Lipinski definition) is 5. The van der Waals surface area contributed by atoms with E-state index in [9.17, 15) is 9.59 Å². The Hall–Kier alpha value is -2.70. The van der Waals surface area contributed by atoms with Crippen LogP contribution in [0.1, 0.15) is 24.0 Å². The second kappa shape index (κ2) is 7.04. The number of rotatable bonds is 4. The summed E-state index contributed by atoms with van der Waals surface area (Å²) in [4.78, 5) is 38.8. The highest BCUT2D eigenvalue weighted by Crippen LogP contribution is 2.30. The second-order valence-electron chi connectivity index (χ2n) is 6.16. The van der Waals surface area contributed by atoms with Crippen LogP contribution >= 0.6 is 0 Å². The van der Waals surface area contributed by atoms with Crippen LogP contribution in [0.2, 0.25) is 0 Å². The zero-order valence-corrected chi connectivity index (χ0v) is 14.6. The number of anilines is 1. The second-order valence-corrected chi connectivity index (χ2v) is 6.16. The molecule has 7 heteroatoms. The number of hydrogen-bond donors (Lipinski definition) is 0. The Bertz CT molecular complexity index is 722. The van der Waals surface area contributed by atoms with Crippen molar-refractivity contribution >= 4 is 17.6 Å². The molecule has 2 aliphatic heterocycles. The smallest absolute Gasteiger partial charge is 0.246 e. The van der Waals surface area contributed by atoms with Gasteiger partial charge in [-0.1, -0.05) is 20.1 Å². The first-order chi connectivity index (χ1) is 12.1.